The van der Waals surface area contributed by atoms with Gasteiger partial charge in [-0.1, -0.05) is 42.5 Å². The Hall–Kier alpha value is -3.08. The van der Waals surface area contributed by atoms with Crippen LogP contribution in [0.3, 0.4) is 0 Å². The lowest BCUT2D eigenvalue weighted by Gasteiger charge is -2.22. The minimum absolute atomic E-state index is 0.000785. The first-order chi connectivity index (χ1) is 14.1. The molecule has 3 aromatic rings. The molecule has 0 bridgehead atoms. The molecular formula is C24H27N3O2. The average molecular weight is 389 g/mol. The number of aromatic nitrogens is 2. The Kier molecular flexibility index (Phi) is 5.65. The van der Waals surface area contributed by atoms with Crippen LogP contribution in [0.15, 0.2) is 60.7 Å². The molecule has 1 atom stereocenters. The van der Waals surface area contributed by atoms with Crippen molar-refractivity contribution in [3.63, 3.8) is 0 Å². The maximum atomic E-state index is 13.0. The predicted octanol–water partition coefficient (Wildman–Crippen LogP) is 4.48. The number of nitrogens with zero attached hydrogens (tertiary/aromatic N) is 2. The van der Waals surface area contributed by atoms with Crippen molar-refractivity contribution >= 4 is 5.91 Å². The molecule has 1 N–H and O–H groups in total. The monoisotopic (exact) mass is 389 g/mol. The van der Waals surface area contributed by atoms with Crippen molar-refractivity contribution in [1.29, 1.82) is 0 Å². The Morgan fingerprint density at radius 2 is 1.83 bits per heavy atom. The first-order valence-electron chi connectivity index (χ1n) is 10.1. The Balaban J connectivity index is 1.48. The van der Waals surface area contributed by atoms with Gasteiger partial charge in [0.25, 0.3) is 0 Å². The van der Waals surface area contributed by atoms with Gasteiger partial charge in [-0.05, 0) is 42.2 Å². The number of H-pyrrole nitrogens is 1. The van der Waals surface area contributed by atoms with Crippen molar-refractivity contribution in [2.45, 2.75) is 37.6 Å². The summed E-state index contributed by atoms with van der Waals surface area (Å²) in [7, 11) is 3.52. The third-order valence-electron chi connectivity index (χ3n) is 5.58. The Morgan fingerprint density at radius 3 is 2.48 bits per heavy atom. The van der Waals surface area contributed by atoms with Crippen LogP contribution >= 0.6 is 0 Å². The SMILES string of the molecule is COc1ccc(C(CC(=O)N(C)Cc2cc(C3CC3)n[nH]2)c2ccccc2)cc1. The number of hydrogen-bond donors (Lipinski definition) is 1. The van der Waals surface area contributed by atoms with Crippen LogP contribution in [0.4, 0.5) is 0 Å². The van der Waals surface area contributed by atoms with Crippen molar-refractivity contribution in [1.82, 2.24) is 15.1 Å². The van der Waals surface area contributed by atoms with E-state index in [0.717, 1.165) is 28.3 Å². The van der Waals surface area contributed by atoms with E-state index in [1.54, 1.807) is 12.0 Å². The zero-order chi connectivity index (χ0) is 20.2. The smallest absolute Gasteiger partial charge is 0.223 e. The van der Waals surface area contributed by atoms with Gasteiger partial charge in [-0.2, -0.15) is 5.10 Å². The van der Waals surface area contributed by atoms with E-state index >= 15 is 0 Å². The summed E-state index contributed by atoms with van der Waals surface area (Å²) < 4.78 is 5.28. The second-order valence-electron chi connectivity index (χ2n) is 7.78. The number of methoxy groups -OCH3 is 1. The van der Waals surface area contributed by atoms with E-state index in [-0.39, 0.29) is 11.8 Å². The fourth-order valence-electron chi connectivity index (χ4n) is 3.67. The van der Waals surface area contributed by atoms with Gasteiger partial charge in [-0.25, -0.2) is 0 Å². The van der Waals surface area contributed by atoms with Crippen molar-refractivity contribution < 1.29 is 9.53 Å². The second-order valence-corrected chi connectivity index (χ2v) is 7.78. The zero-order valence-electron chi connectivity index (χ0n) is 17.0. The van der Waals surface area contributed by atoms with E-state index in [1.807, 2.05) is 49.5 Å². The molecule has 1 unspecified atom stereocenters. The number of rotatable bonds is 8. The number of nitrogens with one attached hydrogen (secondary N) is 1. The largest absolute Gasteiger partial charge is 0.497 e. The molecule has 1 aliphatic carbocycles. The second kappa shape index (κ2) is 8.52. The van der Waals surface area contributed by atoms with Crippen molar-refractivity contribution in [3.8, 4) is 5.75 Å². The molecule has 0 saturated heterocycles. The van der Waals surface area contributed by atoms with Crippen LogP contribution in [0.1, 0.15) is 53.6 Å². The summed E-state index contributed by atoms with van der Waals surface area (Å²) in [6, 6.07) is 20.3. The van der Waals surface area contributed by atoms with Gasteiger partial charge in [-0.3, -0.25) is 9.89 Å². The highest BCUT2D eigenvalue weighted by atomic mass is 16.5. The van der Waals surface area contributed by atoms with Gasteiger partial charge in [0.1, 0.15) is 5.75 Å². The topological polar surface area (TPSA) is 58.2 Å². The summed E-state index contributed by atoms with van der Waals surface area (Å²) >= 11 is 0. The summed E-state index contributed by atoms with van der Waals surface area (Å²) in [6.07, 6.45) is 2.86. The average Bonchev–Trinajstić information content (AvgIpc) is 3.51. The molecule has 0 radical (unpaired) electrons. The van der Waals surface area contributed by atoms with E-state index < -0.39 is 0 Å². The lowest BCUT2D eigenvalue weighted by molar-refractivity contribution is -0.130. The summed E-state index contributed by atoms with van der Waals surface area (Å²) in [5.74, 6) is 1.53. The molecule has 150 valence electrons. The quantitative estimate of drug-likeness (QED) is 0.618. The number of hydrogen-bond acceptors (Lipinski definition) is 3. The van der Waals surface area contributed by atoms with Gasteiger partial charge in [0.2, 0.25) is 5.91 Å². The molecule has 1 amide bonds. The van der Waals surface area contributed by atoms with Crippen LogP contribution < -0.4 is 4.74 Å². The molecule has 5 heteroatoms. The molecule has 1 fully saturated rings. The van der Waals surface area contributed by atoms with E-state index in [2.05, 4.69) is 28.4 Å². The number of carbonyl (C=O) groups excluding carboxylic acids is 1. The van der Waals surface area contributed by atoms with Crippen molar-refractivity contribution in [2.24, 2.45) is 0 Å². The first-order valence-corrected chi connectivity index (χ1v) is 10.1. The van der Waals surface area contributed by atoms with Gasteiger partial charge in [-0.15, -0.1) is 0 Å². The molecule has 4 rings (SSSR count). The van der Waals surface area contributed by atoms with E-state index in [4.69, 9.17) is 4.74 Å². The molecule has 29 heavy (non-hydrogen) atoms. The van der Waals surface area contributed by atoms with Gasteiger partial charge < -0.3 is 9.64 Å². The normalized spacial score (nSPS) is 14.4. The number of carbonyl (C=O) groups is 1. The molecule has 1 aromatic heterocycles. The van der Waals surface area contributed by atoms with Crippen molar-refractivity contribution in [2.75, 3.05) is 14.2 Å². The lowest BCUT2D eigenvalue weighted by Crippen LogP contribution is -2.28. The standard InChI is InChI=1S/C24H27N3O2/c1-27(16-20-14-23(26-25-20)19-8-9-19)24(28)15-22(17-6-4-3-5-7-17)18-10-12-21(29-2)13-11-18/h3-7,10-14,19,22H,8-9,15-16H2,1-2H3,(H,25,26). The van der Waals surface area contributed by atoms with Crippen LogP contribution in [-0.4, -0.2) is 35.2 Å². The number of ether oxygens (including phenoxy) is 1. The van der Waals surface area contributed by atoms with Crippen LogP contribution in [0, 0.1) is 0 Å². The summed E-state index contributed by atoms with van der Waals surface area (Å²) in [6.45, 7) is 0.544. The molecule has 1 aliphatic rings. The molecule has 0 spiro atoms. The number of amides is 1. The Morgan fingerprint density at radius 1 is 1.14 bits per heavy atom. The highest BCUT2D eigenvalue weighted by Gasteiger charge is 2.26. The first kappa shape index (κ1) is 19.2. The molecule has 2 aromatic carbocycles. The highest BCUT2D eigenvalue weighted by Crippen LogP contribution is 2.39. The summed E-state index contributed by atoms with van der Waals surface area (Å²) in [5.41, 5.74) is 4.36. The maximum absolute atomic E-state index is 13.0. The van der Waals surface area contributed by atoms with E-state index in [0.29, 0.717) is 18.9 Å². The van der Waals surface area contributed by atoms with Crippen LogP contribution in [0.25, 0.3) is 0 Å². The minimum atomic E-state index is 0.000785. The Bertz CT molecular complexity index is 946. The van der Waals surface area contributed by atoms with Gasteiger partial charge >= 0.3 is 0 Å². The predicted molar refractivity (Wildman–Crippen MR) is 113 cm³/mol. The Labute approximate surface area is 171 Å². The molecular weight excluding hydrogens is 362 g/mol. The van der Waals surface area contributed by atoms with Gasteiger partial charge in [0, 0.05) is 25.3 Å². The molecule has 0 aliphatic heterocycles. The lowest BCUT2D eigenvalue weighted by atomic mass is 9.88. The third-order valence-corrected chi connectivity index (χ3v) is 5.58. The van der Waals surface area contributed by atoms with Gasteiger partial charge in [0.05, 0.1) is 25.0 Å². The van der Waals surface area contributed by atoms with Crippen LogP contribution in [0.2, 0.25) is 0 Å². The van der Waals surface area contributed by atoms with E-state index in [1.165, 1.54) is 12.8 Å². The van der Waals surface area contributed by atoms with Crippen molar-refractivity contribution in [3.05, 3.63) is 83.2 Å². The molecule has 1 saturated carbocycles. The third kappa shape index (κ3) is 4.67. The maximum Gasteiger partial charge on any atom is 0.223 e. The molecule has 1 heterocycles. The summed E-state index contributed by atoms with van der Waals surface area (Å²) in [4.78, 5) is 14.8. The fraction of sp³-hybridized carbons (Fsp3) is 0.333. The number of benzene rings is 2. The highest BCUT2D eigenvalue weighted by molar-refractivity contribution is 5.77. The van der Waals surface area contributed by atoms with E-state index in [9.17, 15) is 4.79 Å². The van der Waals surface area contributed by atoms with Crippen LogP contribution in [0.5, 0.6) is 5.75 Å². The fourth-order valence-corrected chi connectivity index (χ4v) is 3.67. The minimum Gasteiger partial charge on any atom is -0.497 e. The number of aromatic amines is 1. The molecule has 5 nitrogen and oxygen atoms in total. The zero-order valence-corrected chi connectivity index (χ0v) is 17.0. The van der Waals surface area contributed by atoms with Gasteiger partial charge in [0.15, 0.2) is 0 Å². The summed E-state index contributed by atoms with van der Waals surface area (Å²) in [5, 5.41) is 7.47. The van der Waals surface area contributed by atoms with Crippen LogP contribution in [-0.2, 0) is 11.3 Å².